The van der Waals surface area contributed by atoms with Gasteiger partial charge in [-0.2, -0.15) is 0 Å². The molecule has 0 saturated carbocycles. The number of aromatic nitrogens is 3. The van der Waals surface area contributed by atoms with Crippen LogP contribution in [0.1, 0.15) is 19.8 Å². The molecule has 0 aliphatic carbocycles. The molecule has 1 atom stereocenters. The average molecular weight is 361 g/mol. The Hall–Kier alpha value is -3.15. The first kappa shape index (κ1) is 17.3. The van der Waals surface area contributed by atoms with E-state index in [1.807, 2.05) is 42.5 Å². The number of anilines is 3. The number of aromatic amines is 1. The number of H-pyrrole nitrogens is 1. The lowest BCUT2D eigenvalue weighted by Crippen LogP contribution is -2.34. The zero-order chi connectivity index (χ0) is 18.6. The summed E-state index contributed by atoms with van der Waals surface area (Å²) in [6, 6.07) is 17.5. The molecule has 1 saturated heterocycles. The van der Waals surface area contributed by atoms with Crippen molar-refractivity contribution >= 4 is 17.3 Å². The molecule has 6 heteroatoms. The summed E-state index contributed by atoms with van der Waals surface area (Å²) in [4.78, 5) is 17.5. The van der Waals surface area contributed by atoms with Gasteiger partial charge in [-0.1, -0.05) is 37.3 Å². The van der Waals surface area contributed by atoms with Gasteiger partial charge >= 0.3 is 0 Å². The van der Waals surface area contributed by atoms with Crippen molar-refractivity contribution in [2.75, 3.05) is 23.3 Å². The first-order valence-electron chi connectivity index (χ1n) is 9.33. The normalized spacial score (nSPS) is 16.9. The summed E-state index contributed by atoms with van der Waals surface area (Å²) >= 11 is 0. The molecule has 4 rings (SSSR count). The number of hydrogen-bond donors (Lipinski definition) is 2. The first-order valence-corrected chi connectivity index (χ1v) is 9.33. The standard InChI is InChI=1S/C21H23N5O/c1-15-6-5-13-26(14-15)18-11-9-17(10-12-18)22-21-23-20(27)19(24-25-21)16-7-3-2-4-8-16/h2-4,7-12,15H,5-6,13-14H2,1H3,(H2,22,23,25,27). The van der Waals surface area contributed by atoms with Gasteiger partial charge < -0.3 is 10.2 Å². The molecular weight excluding hydrogens is 338 g/mol. The summed E-state index contributed by atoms with van der Waals surface area (Å²) in [7, 11) is 0. The topological polar surface area (TPSA) is 73.9 Å². The predicted octanol–water partition coefficient (Wildman–Crippen LogP) is 3.81. The highest BCUT2D eigenvalue weighted by molar-refractivity contribution is 5.61. The Morgan fingerprint density at radius 2 is 1.85 bits per heavy atom. The molecule has 2 N–H and O–H groups in total. The number of piperidine rings is 1. The lowest BCUT2D eigenvalue weighted by atomic mass is 10.00. The molecule has 1 aliphatic rings. The Morgan fingerprint density at radius 1 is 1.07 bits per heavy atom. The molecule has 3 aromatic rings. The van der Waals surface area contributed by atoms with E-state index in [9.17, 15) is 4.79 Å². The quantitative estimate of drug-likeness (QED) is 0.739. The van der Waals surface area contributed by atoms with Crippen LogP contribution >= 0.6 is 0 Å². The van der Waals surface area contributed by atoms with Crippen LogP contribution in [-0.4, -0.2) is 28.3 Å². The minimum Gasteiger partial charge on any atom is -0.371 e. The molecule has 138 valence electrons. The molecule has 0 spiro atoms. The molecule has 1 aliphatic heterocycles. The molecule has 1 unspecified atom stereocenters. The van der Waals surface area contributed by atoms with Gasteiger partial charge in [0.05, 0.1) is 0 Å². The molecule has 6 nitrogen and oxygen atoms in total. The number of rotatable bonds is 4. The van der Waals surface area contributed by atoms with Crippen molar-refractivity contribution < 1.29 is 0 Å². The van der Waals surface area contributed by atoms with E-state index in [1.54, 1.807) is 0 Å². The van der Waals surface area contributed by atoms with E-state index in [4.69, 9.17) is 0 Å². The van der Waals surface area contributed by atoms with Crippen LogP contribution in [0.4, 0.5) is 17.3 Å². The second-order valence-corrected chi connectivity index (χ2v) is 7.08. The SMILES string of the molecule is CC1CCCN(c2ccc(Nc3nnc(-c4ccccc4)c(=O)[nH]3)cc2)C1. The fraction of sp³-hybridized carbons (Fsp3) is 0.286. The van der Waals surface area contributed by atoms with Crippen molar-refractivity contribution in [2.45, 2.75) is 19.8 Å². The van der Waals surface area contributed by atoms with Gasteiger partial charge in [0.1, 0.15) is 0 Å². The van der Waals surface area contributed by atoms with Gasteiger partial charge in [-0.15, -0.1) is 10.2 Å². The van der Waals surface area contributed by atoms with Crippen LogP contribution < -0.4 is 15.8 Å². The van der Waals surface area contributed by atoms with Gasteiger partial charge in [0.25, 0.3) is 5.56 Å². The summed E-state index contributed by atoms with van der Waals surface area (Å²) in [6.07, 6.45) is 2.55. The van der Waals surface area contributed by atoms with Crippen molar-refractivity contribution in [3.05, 3.63) is 65.0 Å². The smallest absolute Gasteiger partial charge is 0.279 e. The number of benzene rings is 2. The van der Waals surface area contributed by atoms with Gasteiger partial charge in [0.15, 0.2) is 5.69 Å². The Morgan fingerprint density at radius 3 is 2.56 bits per heavy atom. The predicted molar refractivity (Wildman–Crippen MR) is 108 cm³/mol. The zero-order valence-corrected chi connectivity index (χ0v) is 15.4. The van der Waals surface area contributed by atoms with E-state index in [2.05, 4.69) is 44.5 Å². The van der Waals surface area contributed by atoms with Crippen molar-refractivity contribution in [1.29, 1.82) is 0 Å². The second kappa shape index (κ2) is 7.61. The van der Waals surface area contributed by atoms with Crippen LogP contribution in [0.5, 0.6) is 0 Å². The molecule has 0 radical (unpaired) electrons. The minimum absolute atomic E-state index is 0.266. The summed E-state index contributed by atoms with van der Waals surface area (Å²) in [6.45, 7) is 4.51. The molecule has 1 aromatic heterocycles. The number of nitrogens with one attached hydrogen (secondary N) is 2. The molecule has 2 aromatic carbocycles. The Kier molecular flexibility index (Phi) is 4.87. The average Bonchev–Trinajstić information content (AvgIpc) is 2.69. The largest absolute Gasteiger partial charge is 0.371 e. The molecule has 0 bridgehead atoms. The van der Waals surface area contributed by atoms with Crippen molar-refractivity contribution in [2.24, 2.45) is 5.92 Å². The van der Waals surface area contributed by atoms with Gasteiger partial charge in [-0.25, -0.2) is 0 Å². The van der Waals surface area contributed by atoms with Crippen LogP contribution in [0, 0.1) is 5.92 Å². The monoisotopic (exact) mass is 361 g/mol. The molecule has 1 fully saturated rings. The van der Waals surface area contributed by atoms with Gasteiger partial charge in [0, 0.05) is 30.0 Å². The third-order valence-corrected chi connectivity index (χ3v) is 4.90. The lowest BCUT2D eigenvalue weighted by Gasteiger charge is -2.32. The first-order chi connectivity index (χ1) is 13.2. The molecule has 2 heterocycles. The third-order valence-electron chi connectivity index (χ3n) is 4.90. The molecule has 27 heavy (non-hydrogen) atoms. The van der Waals surface area contributed by atoms with E-state index in [0.717, 1.165) is 30.3 Å². The van der Waals surface area contributed by atoms with E-state index in [0.29, 0.717) is 11.6 Å². The van der Waals surface area contributed by atoms with E-state index in [1.165, 1.54) is 18.5 Å². The fourth-order valence-electron chi connectivity index (χ4n) is 3.49. The Labute approximate surface area is 158 Å². The second-order valence-electron chi connectivity index (χ2n) is 7.08. The van der Waals surface area contributed by atoms with Crippen LogP contribution in [0.15, 0.2) is 59.4 Å². The zero-order valence-electron chi connectivity index (χ0n) is 15.4. The van der Waals surface area contributed by atoms with Crippen LogP contribution in [0.25, 0.3) is 11.3 Å². The van der Waals surface area contributed by atoms with Crippen LogP contribution in [0.3, 0.4) is 0 Å². The minimum atomic E-state index is -0.266. The number of hydrogen-bond acceptors (Lipinski definition) is 5. The Bertz CT molecular complexity index is 952. The maximum absolute atomic E-state index is 12.3. The highest BCUT2D eigenvalue weighted by atomic mass is 16.1. The van der Waals surface area contributed by atoms with Crippen molar-refractivity contribution in [3.8, 4) is 11.3 Å². The summed E-state index contributed by atoms with van der Waals surface area (Å²) in [5.74, 6) is 1.07. The summed E-state index contributed by atoms with van der Waals surface area (Å²) in [5.41, 5.74) is 2.89. The maximum Gasteiger partial charge on any atom is 0.279 e. The van der Waals surface area contributed by atoms with Crippen molar-refractivity contribution in [3.63, 3.8) is 0 Å². The van der Waals surface area contributed by atoms with Gasteiger partial charge in [0.2, 0.25) is 5.95 Å². The van der Waals surface area contributed by atoms with E-state index >= 15 is 0 Å². The lowest BCUT2D eigenvalue weighted by molar-refractivity contribution is 0.447. The summed E-state index contributed by atoms with van der Waals surface area (Å²) < 4.78 is 0. The highest BCUT2D eigenvalue weighted by Crippen LogP contribution is 2.24. The summed E-state index contributed by atoms with van der Waals surface area (Å²) in [5, 5.41) is 11.3. The molecular formula is C21H23N5O. The Balaban J connectivity index is 1.48. The van der Waals surface area contributed by atoms with E-state index in [-0.39, 0.29) is 5.56 Å². The van der Waals surface area contributed by atoms with Gasteiger partial charge in [-0.3, -0.25) is 9.78 Å². The maximum atomic E-state index is 12.3. The number of nitrogens with zero attached hydrogens (tertiary/aromatic N) is 3. The van der Waals surface area contributed by atoms with Crippen LogP contribution in [0.2, 0.25) is 0 Å². The fourth-order valence-corrected chi connectivity index (χ4v) is 3.49. The third kappa shape index (κ3) is 4.00. The van der Waals surface area contributed by atoms with Crippen molar-refractivity contribution in [1.82, 2.24) is 15.2 Å². The van der Waals surface area contributed by atoms with Gasteiger partial charge in [-0.05, 0) is 43.0 Å². The van der Waals surface area contributed by atoms with E-state index < -0.39 is 0 Å². The van der Waals surface area contributed by atoms with Crippen LogP contribution in [-0.2, 0) is 0 Å². The molecule has 0 amide bonds. The highest BCUT2D eigenvalue weighted by Gasteiger charge is 2.16.